The molecule has 2 saturated heterocycles. The summed E-state index contributed by atoms with van der Waals surface area (Å²) in [6.07, 6.45) is 7.98. The van der Waals surface area contributed by atoms with Crippen LogP contribution in [0, 0.1) is 0 Å². The predicted molar refractivity (Wildman–Crippen MR) is 110 cm³/mol. The highest BCUT2D eigenvalue weighted by atomic mass is 16.5. The molecular formula is C21H25N5O3. The topological polar surface area (TPSA) is 91.5 Å². The molecular weight excluding hydrogens is 370 g/mol. The third kappa shape index (κ3) is 3.23. The molecule has 29 heavy (non-hydrogen) atoms. The Morgan fingerprint density at radius 1 is 1.34 bits per heavy atom. The molecule has 5 rings (SSSR count). The summed E-state index contributed by atoms with van der Waals surface area (Å²) in [5.74, 6) is 2.48. The standard InChI is InChI=1S/C21H25N5O3/c1-28-16-6-5-14(13-7-10-29-11-8-13)18-19(16)24-21(23-18)25-20(27)15-12-22-17-4-2-3-9-26(15)17/h2-6,13,15,22H,7-12H2,1H3,(H2,23,24,25,27). The molecule has 8 nitrogen and oxygen atoms in total. The number of anilines is 1. The summed E-state index contributed by atoms with van der Waals surface area (Å²) >= 11 is 0. The highest BCUT2D eigenvalue weighted by Crippen LogP contribution is 2.36. The van der Waals surface area contributed by atoms with Crippen molar-refractivity contribution < 1.29 is 14.3 Å². The number of hydrogen-bond donors (Lipinski definition) is 3. The van der Waals surface area contributed by atoms with Gasteiger partial charge in [-0.05, 0) is 36.5 Å². The number of carbonyl (C=O) groups is 1. The number of nitrogens with one attached hydrogen (secondary N) is 3. The van der Waals surface area contributed by atoms with Crippen LogP contribution in [0.15, 0.2) is 36.2 Å². The van der Waals surface area contributed by atoms with Crippen molar-refractivity contribution in [2.75, 3.05) is 38.7 Å². The largest absolute Gasteiger partial charge is 0.494 e. The Morgan fingerprint density at radius 2 is 2.21 bits per heavy atom. The zero-order valence-electron chi connectivity index (χ0n) is 16.4. The number of ether oxygens (including phenoxy) is 2. The summed E-state index contributed by atoms with van der Waals surface area (Å²) in [7, 11) is 1.64. The van der Waals surface area contributed by atoms with Crippen molar-refractivity contribution in [1.82, 2.24) is 20.2 Å². The van der Waals surface area contributed by atoms with Gasteiger partial charge in [-0.25, -0.2) is 4.98 Å². The monoisotopic (exact) mass is 395 g/mol. The molecule has 2 fully saturated rings. The molecule has 152 valence electrons. The van der Waals surface area contributed by atoms with Crippen LogP contribution in [0.3, 0.4) is 0 Å². The number of hydrogen-bond acceptors (Lipinski definition) is 6. The average molecular weight is 395 g/mol. The van der Waals surface area contributed by atoms with Crippen molar-refractivity contribution in [2.45, 2.75) is 24.8 Å². The predicted octanol–water partition coefficient (Wildman–Crippen LogP) is 2.09. The van der Waals surface area contributed by atoms with E-state index < -0.39 is 0 Å². The van der Waals surface area contributed by atoms with Crippen molar-refractivity contribution in [3.63, 3.8) is 0 Å². The smallest absolute Gasteiger partial charge is 0.251 e. The molecule has 0 saturated carbocycles. The third-order valence-electron chi connectivity index (χ3n) is 5.92. The first-order valence-electron chi connectivity index (χ1n) is 10.1. The van der Waals surface area contributed by atoms with E-state index in [1.807, 2.05) is 24.3 Å². The quantitative estimate of drug-likeness (QED) is 0.734. The summed E-state index contributed by atoms with van der Waals surface area (Å²) < 4.78 is 11.0. The van der Waals surface area contributed by atoms with Crippen LogP contribution < -0.4 is 15.4 Å². The Kier molecular flexibility index (Phi) is 4.63. The van der Waals surface area contributed by atoms with Crippen LogP contribution in [0.25, 0.3) is 11.0 Å². The minimum absolute atomic E-state index is 0.0816. The second-order valence-electron chi connectivity index (χ2n) is 7.57. The van der Waals surface area contributed by atoms with Crippen molar-refractivity contribution >= 4 is 22.9 Å². The second-order valence-corrected chi connectivity index (χ2v) is 7.57. The summed E-state index contributed by atoms with van der Waals surface area (Å²) in [6.45, 7) is 2.83. The van der Waals surface area contributed by atoms with E-state index in [-0.39, 0.29) is 11.9 Å². The molecule has 0 bridgehead atoms. The normalized spacial score (nSPS) is 21.6. The van der Waals surface area contributed by atoms with Crippen molar-refractivity contribution in [1.29, 1.82) is 0 Å². The molecule has 3 N–H and O–H groups in total. The van der Waals surface area contributed by atoms with Crippen LogP contribution in [0.4, 0.5) is 5.95 Å². The maximum absolute atomic E-state index is 12.9. The summed E-state index contributed by atoms with van der Waals surface area (Å²) in [5.41, 5.74) is 2.85. The Balaban J connectivity index is 1.42. The highest BCUT2D eigenvalue weighted by molar-refractivity contribution is 5.96. The van der Waals surface area contributed by atoms with Crippen molar-refractivity contribution in [2.24, 2.45) is 0 Å². The summed E-state index contributed by atoms with van der Waals surface area (Å²) in [5, 5.41) is 6.25. The lowest BCUT2D eigenvalue weighted by Gasteiger charge is -2.25. The van der Waals surface area contributed by atoms with Gasteiger partial charge in [-0.2, -0.15) is 0 Å². The van der Waals surface area contributed by atoms with E-state index in [9.17, 15) is 4.79 Å². The summed E-state index contributed by atoms with van der Waals surface area (Å²) in [4.78, 5) is 23.0. The minimum atomic E-state index is -0.267. The summed E-state index contributed by atoms with van der Waals surface area (Å²) in [6, 6.07) is 3.78. The molecule has 1 amide bonds. The van der Waals surface area contributed by atoms with Gasteiger partial charge < -0.3 is 24.7 Å². The Hall–Kier alpha value is -3.00. The number of methoxy groups -OCH3 is 1. The number of benzene rings is 1. The van der Waals surface area contributed by atoms with E-state index in [0.717, 1.165) is 55.2 Å². The molecule has 1 atom stereocenters. The van der Waals surface area contributed by atoms with Gasteiger partial charge >= 0.3 is 0 Å². The van der Waals surface area contributed by atoms with Gasteiger partial charge in [0.2, 0.25) is 5.95 Å². The first kappa shape index (κ1) is 18.1. The van der Waals surface area contributed by atoms with Crippen LogP contribution in [0.5, 0.6) is 5.75 Å². The van der Waals surface area contributed by atoms with E-state index in [4.69, 9.17) is 14.5 Å². The minimum Gasteiger partial charge on any atom is -0.494 e. The molecule has 4 heterocycles. The van der Waals surface area contributed by atoms with E-state index in [1.165, 1.54) is 5.56 Å². The number of H-pyrrole nitrogens is 1. The SMILES string of the molecule is COc1ccc(C2CCOCC2)c2nc(NC(=O)C3CNC4=CC=CCN43)[nH]c12. The maximum Gasteiger partial charge on any atom is 0.251 e. The van der Waals surface area contributed by atoms with E-state index in [0.29, 0.717) is 18.4 Å². The third-order valence-corrected chi connectivity index (χ3v) is 5.92. The lowest BCUT2D eigenvalue weighted by molar-refractivity contribution is -0.119. The number of amides is 1. The molecule has 0 aliphatic carbocycles. The van der Waals surface area contributed by atoms with Crippen LogP contribution in [-0.4, -0.2) is 60.2 Å². The second kappa shape index (κ2) is 7.44. The van der Waals surface area contributed by atoms with E-state index >= 15 is 0 Å². The number of rotatable bonds is 4. The van der Waals surface area contributed by atoms with Crippen molar-refractivity contribution in [3.8, 4) is 5.75 Å². The average Bonchev–Trinajstić information content (AvgIpc) is 3.38. The van der Waals surface area contributed by atoms with Gasteiger partial charge in [0, 0.05) is 26.3 Å². The van der Waals surface area contributed by atoms with Gasteiger partial charge in [-0.3, -0.25) is 10.1 Å². The van der Waals surface area contributed by atoms with Crippen molar-refractivity contribution in [3.05, 3.63) is 41.7 Å². The maximum atomic E-state index is 12.9. The number of nitrogens with zero attached hydrogens (tertiary/aromatic N) is 2. The molecule has 1 aromatic carbocycles. The van der Waals surface area contributed by atoms with Gasteiger partial charge in [0.25, 0.3) is 5.91 Å². The molecule has 3 aliphatic heterocycles. The molecule has 8 heteroatoms. The van der Waals surface area contributed by atoms with Gasteiger partial charge in [-0.15, -0.1) is 0 Å². The van der Waals surface area contributed by atoms with E-state index in [2.05, 4.69) is 26.6 Å². The number of carbonyl (C=O) groups excluding carboxylic acids is 1. The van der Waals surface area contributed by atoms with Gasteiger partial charge in [0.05, 0.1) is 12.6 Å². The molecule has 1 unspecified atom stereocenters. The number of fused-ring (bicyclic) bond motifs is 2. The lowest BCUT2D eigenvalue weighted by Crippen LogP contribution is -2.41. The number of imidazole rings is 1. The zero-order chi connectivity index (χ0) is 19.8. The fourth-order valence-corrected chi connectivity index (χ4v) is 4.38. The van der Waals surface area contributed by atoms with Crippen LogP contribution >= 0.6 is 0 Å². The number of aromatic amines is 1. The number of aromatic nitrogens is 2. The molecule has 2 aromatic rings. The van der Waals surface area contributed by atoms with Crippen LogP contribution in [0.1, 0.15) is 24.3 Å². The van der Waals surface area contributed by atoms with Gasteiger partial charge in [0.1, 0.15) is 23.1 Å². The Labute approximate surface area is 169 Å². The van der Waals surface area contributed by atoms with Gasteiger partial charge in [-0.1, -0.05) is 18.2 Å². The fraction of sp³-hybridized carbons (Fsp3) is 0.429. The molecule has 0 spiro atoms. The first-order chi connectivity index (χ1) is 14.2. The van der Waals surface area contributed by atoms with Gasteiger partial charge in [0.15, 0.2) is 0 Å². The molecule has 1 aromatic heterocycles. The lowest BCUT2D eigenvalue weighted by atomic mass is 9.90. The van der Waals surface area contributed by atoms with Crippen LogP contribution in [-0.2, 0) is 9.53 Å². The van der Waals surface area contributed by atoms with E-state index in [1.54, 1.807) is 7.11 Å². The Bertz CT molecular complexity index is 990. The zero-order valence-corrected chi connectivity index (χ0v) is 16.4. The molecule has 3 aliphatic rings. The Morgan fingerprint density at radius 3 is 3.03 bits per heavy atom. The fourth-order valence-electron chi connectivity index (χ4n) is 4.38. The molecule has 0 radical (unpaired) electrons. The van der Waals surface area contributed by atoms with Crippen LogP contribution in [0.2, 0.25) is 0 Å². The first-order valence-corrected chi connectivity index (χ1v) is 10.1. The highest BCUT2D eigenvalue weighted by Gasteiger charge is 2.34. The number of allylic oxidation sites excluding steroid dienone is 2.